The predicted octanol–water partition coefficient (Wildman–Crippen LogP) is 4.03. The minimum atomic E-state index is -0.455. The summed E-state index contributed by atoms with van der Waals surface area (Å²) < 4.78 is 0.987. The topological polar surface area (TPSA) is 56.4 Å². The molecule has 29 heavy (non-hydrogen) atoms. The van der Waals surface area contributed by atoms with Gasteiger partial charge in [-0.2, -0.15) is 0 Å². The van der Waals surface area contributed by atoms with E-state index in [2.05, 4.69) is 33.0 Å². The largest absolute Gasteiger partial charge is 0.356 e. The van der Waals surface area contributed by atoms with E-state index < -0.39 is 6.04 Å². The maximum absolute atomic E-state index is 13.3. The van der Waals surface area contributed by atoms with Crippen LogP contribution in [0.1, 0.15) is 36.2 Å². The number of fused-ring (bicyclic) bond motifs is 4. The number of rotatable bonds is 3. The van der Waals surface area contributed by atoms with Crippen LogP contribution in [0.4, 0.5) is 0 Å². The fraction of sp³-hybridized carbons (Fsp3) is 0.304. The Morgan fingerprint density at radius 3 is 2.62 bits per heavy atom. The van der Waals surface area contributed by atoms with Crippen molar-refractivity contribution in [3.8, 4) is 0 Å². The van der Waals surface area contributed by atoms with Crippen molar-refractivity contribution in [2.45, 2.75) is 31.8 Å². The van der Waals surface area contributed by atoms with Crippen LogP contribution < -0.4 is 0 Å². The third-order valence-electron chi connectivity index (χ3n) is 6.02. The molecule has 5 rings (SSSR count). The van der Waals surface area contributed by atoms with Crippen LogP contribution in [0, 0.1) is 0 Å². The van der Waals surface area contributed by atoms with E-state index in [0.717, 1.165) is 38.6 Å². The molecule has 2 aromatic carbocycles. The molecule has 148 valence electrons. The molecular weight excluding hydrogens is 430 g/mol. The molecule has 2 unspecified atom stereocenters. The Bertz CT molecular complexity index is 1110. The summed E-state index contributed by atoms with van der Waals surface area (Å²) in [5.74, 6) is 0.0739. The molecule has 0 bridgehead atoms. The molecule has 3 aromatic rings. The number of piperazine rings is 1. The van der Waals surface area contributed by atoms with Gasteiger partial charge in [-0.25, -0.2) is 0 Å². The molecular formula is C23H22BrN3O2. The van der Waals surface area contributed by atoms with Gasteiger partial charge in [0.2, 0.25) is 11.8 Å². The van der Waals surface area contributed by atoms with Crippen molar-refractivity contribution in [2.24, 2.45) is 0 Å². The van der Waals surface area contributed by atoms with E-state index >= 15 is 0 Å². The van der Waals surface area contributed by atoms with Crippen molar-refractivity contribution in [3.05, 3.63) is 69.8 Å². The standard InChI is InChI=1S/C23H22BrN3O2/c1-2-11-26-13-20(28)27-19(23(26)29)12-17-16-5-3-4-6-18(16)25-21(17)22(27)14-7-9-15(24)10-8-14/h3-10,19,22,25H,2,11-13H2,1H3. The zero-order valence-electron chi connectivity index (χ0n) is 16.2. The molecule has 1 saturated heterocycles. The Morgan fingerprint density at radius 1 is 1.10 bits per heavy atom. The van der Waals surface area contributed by atoms with Gasteiger partial charge in [0, 0.05) is 34.0 Å². The van der Waals surface area contributed by atoms with Crippen LogP contribution in [0.5, 0.6) is 0 Å². The summed E-state index contributed by atoms with van der Waals surface area (Å²) in [6.07, 6.45) is 1.40. The predicted molar refractivity (Wildman–Crippen MR) is 115 cm³/mol. The first-order chi connectivity index (χ1) is 14.1. The van der Waals surface area contributed by atoms with Crippen LogP contribution in [0.3, 0.4) is 0 Å². The number of carbonyl (C=O) groups is 2. The SMILES string of the molecule is CCCN1CC(=O)N2C(Cc3c([nH]c4ccccc34)C2c2ccc(Br)cc2)C1=O. The Morgan fingerprint density at radius 2 is 1.86 bits per heavy atom. The maximum Gasteiger partial charge on any atom is 0.246 e. The smallest absolute Gasteiger partial charge is 0.246 e. The number of para-hydroxylation sites is 1. The van der Waals surface area contributed by atoms with Gasteiger partial charge in [0.15, 0.2) is 0 Å². The van der Waals surface area contributed by atoms with Crippen LogP contribution in [-0.2, 0) is 16.0 Å². The van der Waals surface area contributed by atoms with Crippen molar-refractivity contribution in [1.29, 1.82) is 0 Å². The van der Waals surface area contributed by atoms with Crippen molar-refractivity contribution in [3.63, 3.8) is 0 Å². The fourth-order valence-corrected chi connectivity index (χ4v) is 5.04. The third-order valence-corrected chi connectivity index (χ3v) is 6.55. The molecule has 0 spiro atoms. The summed E-state index contributed by atoms with van der Waals surface area (Å²) in [5.41, 5.74) is 4.23. The first kappa shape index (κ1) is 18.4. The van der Waals surface area contributed by atoms with Crippen LogP contribution in [0.2, 0.25) is 0 Å². The summed E-state index contributed by atoms with van der Waals surface area (Å²) in [7, 11) is 0. The zero-order chi connectivity index (χ0) is 20.1. The molecule has 2 aliphatic rings. The Labute approximate surface area is 177 Å². The second-order valence-electron chi connectivity index (χ2n) is 7.80. The van der Waals surface area contributed by atoms with Crippen molar-refractivity contribution in [1.82, 2.24) is 14.8 Å². The van der Waals surface area contributed by atoms with Crippen molar-refractivity contribution < 1.29 is 9.59 Å². The molecule has 0 radical (unpaired) electrons. The lowest BCUT2D eigenvalue weighted by atomic mass is 9.86. The number of amides is 2. The molecule has 2 aliphatic heterocycles. The Kier molecular flexibility index (Phi) is 4.46. The number of nitrogens with one attached hydrogen (secondary N) is 1. The average Bonchev–Trinajstić information content (AvgIpc) is 3.10. The van der Waals surface area contributed by atoms with E-state index in [1.165, 1.54) is 0 Å². The molecule has 2 atom stereocenters. The number of benzene rings is 2. The Hall–Kier alpha value is -2.60. The maximum atomic E-state index is 13.3. The van der Waals surface area contributed by atoms with Gasteiger partial charge >= 0.3 is 0 Å². The van der Waals surface area contributed by atoms with Gasteiger partial charge in [0.1, 0.15) is 6.04 Å². The molecule has 0 aliphatic carbocycles. The lowest BCUT2D eigenvalue weighted by Gasteiger charge is -2.47. The first-order valence-corrected chi connectivity index (χ1v) is 10.8. The van der Waals surface area contributed by atoms with Crippen LogP contribution in [0.25, 0.3) is 10.9 Å². The first-order valence-electron chi connectivity index (χ1n) is 10.0. The fourth-order valence-electron chi connectivity index (χ4n) is 4.77. The van der Waals surface area contributed by atoms with Gasteiger partial charge in [-0.1, -0.05) is 53.2 Å². The van der Waals surface area contributed by atoms with Crippen molar-refractivity contribution in [2.75, 3.05) is 13.1 Å². The van der Waals surface area contributed by atoms with Crippen molar-refractivity contribution >= 4 is 38.6 Å². The highest BCUT2D eigenvalue weighted by Gasteiger charge is 2.47. The van der Waals surface area contributed by atoms with Gasteiger partial charge in [-0.15, -0.1) is 0 Å². The number of aromatic amines is 1. The summed E-state index contributed by atoms with van der Waals surface area (Å²) in [6.45, 7) is 2.82. The van der Waals surface area contributed by atoms with Crippen LogP contribution in [0.15, 0.2) is 53.0 Å². The number of aromatic nitrogens is 1. The van der Waals surface area contributed by atoms with Gasteiger partial charge in [0.25, 0.3) is 0 Å². The van der Waals surface area contributed by atoms with Gasteiger partial charge in [-0.3, -0.25) is 9.59 Å². The van der Waals surface area contributed by atoms with E-state index in [4.69, 9.17) is 0 Å². The number of hydrogen-bond acceptors (Lipinski definition) is 2. The van der Waals surface area contributed by atoms with Gasteiger partial charge < -0.3 is 14.8 Å². The molecule has 6 heteroatoms. The second-order valence-corrected chi connectivity index (χ2v) is 8.71. The molecule has 1 N–H and O–H groups in total. The molecule has 1 fully saturated rings. The minimum Gasteiger partial charge on any atom is -0.356 e. The summed E-state index contributed by atoms with van der Waals surface area (Å²) in [4.78, 5) is 33.6. The molecule has 1 aromatic heterocycles. The van der Waals surface area contributed by atoms with Gasteiger partial charge in [-0.05, 0) is 35.7 Å². The number of H-pyrrole nitrogens is 1. The molecule has 2 amide bonds. The van der Waals surface area contributed by atoms with Gasteiger partial charge in [0.05, 0.1) is 12.6 Å². The monoisotopic (exact) mass is 451 g/mol. The average molecular weight is 452 g/mol. The van der Waals surface area contributed by atoms with E-state index in [9.17, 15) is 9.59 Å². The zero-order valence-corrected chi connectivity index (χ0v) is 17.8. The van der Waals surface area contributed by atoms with E-state index in [1.807, 2.05) is 48.2 Å². The summed E-state index contributed by atoms with van der Waals surface area (Å²) in [6, 6.07) is 15.5. The second kappa shape index (κ2) is 7.02. The number of carbonyl (C=O) groups excluding carboxylic acids is 2. The number of nitrogens with zero attached hydrogens (tertiary/aromatic N) is 2. The molecule has 3 heterocycles. The normalized spacial score (nSPS) is 21.4. The molecule has 0 saturated carbocycles. The van der Waals surface area contributed by atoms with E-state index in [-0.39, 0.29) is 24.4 Å². The minimum absolute atomic E-state index is 0.0141. The lowest BCUT2D eigenvalue weighted by molar-refractivity contribution is -0.158. The number of halogens is 1. The summed E-state index contributed by atoms with van der Waals surface area (Å²) >= 11 is 3.50. The van der Waals surface area contributed by atoms with Crippen LogP contribution >= 0.6 is 15.9 Å². The van der Waals surface area contributed by atoms with E-state index in [1.54, 1.807) is 4.90 Å². The Balaban J connectivity index is 1.70. The number of hydrogen-bond donors (Lipinski definition) is 1. The highest BCUT2D eigenvalue weighted by molar-refractivity contribution is 9.10. The molecule has 5 nitrogen and oxygen atoms in total. The summed E-state index contributed by atoms with van der Waals surface area (Å²) in [5, 5.41) is 1.14. The van der Waals surface area contributed by atoms with E-state index in [0.29, 0.717) is 13.0 Å². The third kappa shape index (κ3) is 2.89. The quantitative estimate of drug-likeness (QED) is 0.653. The highest BCUT2D eigenvalue weighted by atomic mass is 79.9. The highest BCUT2D eigenvalue weighted by Crippen LogP contribution is 2.42. The van der Waals surface area contributed by atoms with Crippen LogP contribution in [-0.4, -0.2) is 45.7 Å². The lowest BCUT2D eigenvalue weighted by Crippen LogP contribution is -2.63.